The predicted octanol–water partition coefficient (Wildman–Crippen LogP) is 2.63. The molecule has 1 heterocycles. The van der Waals surface area contributed by atoms with Crippen LogP contribution >= 0.6 is 0 Å². The maximum atomic E-state index is 12.3. The first-order chi connectivity index (χ1) is 11.0. The molecular formula is C18H19NO4. The van der Waals surface area contributed by atoms with Crippen LogP contribution in [0.25, 0.3) is 0 Å². The van der Waals surface area contributed by atoms with Gasteiger partial charge in [-0.25, -0.2) is 0 Å². The largest absolute Gasteiger partial charge is 0.508 e. The van der Waals surface area contributed by atoms with E-state index in [0.29, 0.717) is 12.4 Å². The number of rotatable bonds is 4. The minimum atomic E-state index is -1.17. The molecule has 0 unspecified atom stereocenters. The molecule has 3 rings (SSSR count). The summed E-state index contributed by atoms with van der Waals surface area (Å²) in [5, 5.41) is 9.46. The van der Waals surface area contributed by atoms with E-state index < -0.39 is 5.72 Å². The molecule has 0 fully saturated rings. The average Bonchev–Trinajstić information content (AvgIpc) is 2.89. The number of benzene rings is 2. The number of hydrogen-bond donors (Lipinski definition) is 2. The smallest absolute Gasteiger partial charge is 0.308 e. The molecule has 0 aromatic heterocycles. The van der Waals surface area contributed by atoms with Crippen molar-refractivity contribution < 1.29 is 19.4 Å². The van der Waals surface area contributed by atoms with Gasteiger partial charge in [-0.15, -0.1) is 0 Å². The summed E-state index contributed by atoms with van der Waals surface area (Å²) in [5.74, 6) is 0.282. The molecular weight excluding hydrogens is 294 g/mol. The maximum Gasteiger partial charge on any atom is 0.308 e. The van der Waals surface area contributed by atoms with Crippen LogP contribution < -0.4 is 10.5 Å². The number of carbonyl (C=O) groups is 1. The van der Waals surface area contributed by atoms with Gasteiger partial charge in [0.2, 0.25) is 0 Å². The second-order valence-corrected chi connectivity index (χ2v) is 5.88. The van der Waals surface area contributed by atoms with Crippen molar-refractivity contribution in [2.45, 2.75) is 25.0 Å². The summed E-state index contributed by atoms with van der Waals surface area (Å²) in [6.45, 7) is 2.05. The fourth-order valence-electron chi connectivity index (χ4n) is 2.74. The van der Waals surface area contributed by atoms with E-state index in [4.69, 9.17) is 15.2 Å². The molecule has 2 atom stereocenters. The first-order valence-corrected chi connectivity index (χ1v) is 7.47. The number of phenolic OH excluding ortho intramolecular Hbond substituents is 1. The Hall–Kier alpha value is -2.53. The molecule has 0 radical (unpaired) electrons. The van der Waals surface area contributed by atoms with Gasteiger partial charge in [0, 0.05) is 23.1 Å². The summed E-state index contributed by atoms with van der Waals surface area (Å²) in [4.78, 5) is 12.3. The Morgan fingerprint density at radius 1 is 1.35 bits per heavy atom. The van der Waals surface area contributed by atoms with Gasteiger partial charge in [-0.05, 0) is 13.0 Å². The SMILES string of the molecule is C[C@@](N)(OC(=O)C[C@@H]1COc2cc(O)ccc21)c1ccccc1. The standard InChI is InChI=1S/C18H19NO4/c1-18(19,13-5-3-2-4-6-13)23-17(21)9-12-11-22-16-10-14(20)7-8-15(12)16/h2-8,10,12,20H,9,11,19H2,1H3/t12-,18-/m1/s1. The number of phenols is 1. The second kappa shape index (κ2) is 5.93. The topological polar surface area (TPSA) is 81.8 Å². The van der Waals surface area contributed by atoms with E-state index in [9.17, 15) is 9.90 Å². The van der Waals surface area contributed by atoms with Crippen LogP contribution in [-0.2, 0) is 15.3 Å². The summed E-state index contributed by atoms with van der Waals surface area (Å²) in [7, 11) is 0. The molecule has 3 N–H and O–H groups in total. The lowest BCUT2D eigenvalue weighted by atomic mass is 9.97. The van der Waals surface area contributed by atoms with Gasteiger partial charge in [0.1, 0.15) is 11.5 Å². The third kappa shape index (κ3) is 3.29. The summed E-state index contributed by atoms with van der Waals surface area (Å²) < 4.78 is 11.0. The number of nitrogens with two attached hydrogens (primary N) is 1. The van der Waals surface area contributed by atoms with Gasteiger partial charge in [-0.3, -0.25) is 10.5 Å². The van der Waals surface area contributed by atoms with Gasteiger partial charge in [-0.1, -0.05) is 36.4 Å². The van der Waals surface area contributed by atoms with Crippen molar-refractivity contribution in [1.29, 1.82) is 0 Å². The van der Waals surface area contributed by atoms with E-state index in [0.717, 1.165) is 11.1 Å². The third-order valence-electron chi connectivity index (χ3n) is 3.96. The fraction of sp³-hybridized carbons (Fsp3) is 0.278. The zero-order valence-corrected chi connectivity index (χ0v) is 12.9. The number of hydrogen-bond acceptors (Lipinski definition) is 5. The van der Waals surface area contributed by atoms with E-state index in [1.165, 1.54) is 0 Å². The number of aromatic hydroxyl groups is 1. The monoisotopic (exact) mass is 313 g/mol. The third-order valence-corrected chi connectivity index (χ3v) is 3.96. The molecule has 120 valence electrons. The molecule has 5 heteroatoms. The maximum absolute atomic E-state index is 12.3. The zero-order valence-electron chi connectivity index (χ0n) is 12.9. The Morgan fingerprint density at radius 3 is 2.83 bits per heavy atom. The van der Waals surface area contributed by atoms with Gasteiger partial charge in [0.05, 0.1) is 13.0 Å². The van der Waals surface area contributed by atoms with Crippen LogP contribution in [0.4, 0.5) is 0 Å². The van der Waals surface area contributed by atoms with Crippen LogP contribution in [0.2, 0.25) is 0 Å². The van der Waals surface area contributed by atoms with E-state index in [-0.39, 0.29) is 24.1 Å². The Kier molecular flexibility index (Phi) is 3.96. The van der Waals surface area contributed by atoms with Gasteiger partial charge >= 0.3 is 5.97 Å². The minimum absolute atomic E-state index is 0.0929. The van der Waals surface area contributed by atoms with Crippen LogP contribution in [0.1, 0.15) is 30.4 Å². The first kappa shape index (κ1) is 15.4. The molecule has 5 nitrogen and oxygen atoms in total. The summed E-state index contributed by atoms with van der Waals surface area (Å²) in [6, 6.07) is 14.1. The van der Waals surface area contributed by atoms with Crippen molar-refractivity contribution in [3.8, 4) is 11.5 Å². The first-order valence-electron chi connectivity index (χ1n) is 7.47. The van der Waals surface area contributed by atoms with Gasteiger partial charge in [-0.2, -0.15) is 0 Å². The molecule has 23 heavy (non-hydrogen) atoms. The molecule has 0 saturated carbocycles. The number of fused-ring (bicyclic) bond motifs is 1. The van der Waals surface area contributed by atoms with Crippen LogP contribution in [0.5, 0.6) is 11.5 Å². The van der Waals surface area contributed by atoms with E-state index in [1.54, 1.807) is 25.1 Å². The van der Waals surface area contributed by atoms with Crippen molar-refractivity contribution in [3.63, 3.8) is 0 Å². The Bertz CT molecular complexity index is 712. The Labute approximate surface area is 134 Å². The molecule has 0 amide bonds. The minimum Gasteiger partial charge on any atom is -0.508 e. The van der Waals surface area contributed by atoms with E-state index in [2.05, 4.69) is 0 Å². The van der Waals surface area contributed by atoms with Crippen molar-refractivity contribution in [2.75, 3.05) is 6.61 Å². The lowest BCUT2D eigenvalue weighted by Crippen LogP contribution is -2.38. The van der Waals surface area contributed by atoms with Crippen molar-refractivity contribution in [3.05, 3.63) is 59.7 Å². The normalized spacial score (nSPS) is 18.6. The van der Waals surface area contributed by atoms with Gasteiger partial charge in [0.15, 0.2) is 5.72 Å². The molecule has 1 aliphatic rings. The highest BCUT2D eigenvalue weighted by Gasteiger charge is 2.31. The highest BCUT2D eigenvalue weighted by molar-refractivity contribution is 5.72. The van der Waals surface area contributed by atoms with Gasteiger partial charge in [0.25, 0.3) is 0 Å². The quantitative estimate of drug-likeness (QED) is 0.670. The lowest BCUT2D eigenvalue weighted by Gasteiger charge is -2.26. The molecule has 0 bridgehead atoms. The summed E-state index contributed by atoms with van der Waals surface area (Å²) in [5.41, 5.74) is 6.59. The van der Waals surface area contributed by atoms with Crippen LogP contribution in [0.3, 0.4) is 0 Å². The van der Waals surface area contributed by atoms with Gasteiger partial charge < -0.3 is 14.6 Å². The van der Waals surface area contributed by atoms with Crippen LogP contribution in [0, 0.1) is 0 Å². The van der Waals surface area contributed by atoms with Crippen molar-refractivity contribution in [1.82, 2.24) is 0 Å². The number of carbonyl (C=O) groups excluding carboxylic acids is 1. The number of esters is 1. The van der Waals surface area contributed by atoms with Crippen LogP contribution in [0.15, 0.2) is 48.5 Å². The molecule has 2 aromatic rings. The second-order valence-electron chi connectivity index (χ2n) is 5.88. The summed E-state index contributed by atoms with van der Waals surface area (Å²) in [6.07, 6.45) is 0.178. The molecule has 2 aromatic carbocycles. The van der Waals surface area contributed by atoms with Crippen molar-refractivity contribution >= 4 is 5.97 Å². The van der Waals surface area contributed by atoms with Crippen molar-refractivity contribution in [2.24, 2.45) is 5.73 Å². The lowest BCUT2D eigenvalue weighted by molar-refractivity contribution is -0.159. The highest BCUT2D eigenvalue weighted by Crippen LogP contribution is 2.38. The highest BCUT2D eigenvalue weighted by atomic mass is 16.6. The zero-order chi connectivity index (χ0) is 16.4. The average molecular weight is 313 g/mol. The molecule has 0 aliphatic carbocycles. The fourth-order valence-corrected chi connectivity index (χ4v) is 2.74. The molecule has 1 aliphatic heterocycles. The predicted molar refractivity (Wildman–Crippen MR) is 85.0 cm³/mol. The summed E-state index contributed by atoms with van der Waals surface area (Å²) >= 11 is 0. The van der Waals surface area contributed by atoms with E-state index in [1.807, 2.05) is 30.3 Å². The molecule has 0 saturated heterocycles. The molecule has 0 spiro atoms. The Balaban J connectivity index is 1.67. The van der Waals surface area contributed by atoms with Crippen LogP contribution in [-0.4, -0.2) is 17.7 Å². The van der Waals surface area contributed by atoms with E-state index >= 15 is 0 Å². The number of ether oxygens (including phenoxy) is 2. The Morgan fingerprint density at radius 2 is 2.09 bits per heavy atom.